The van der Waals surface area contributed by atoms with Crippen molar-refractivity contribution in [2.24, 2.45) is 5.73 Å². The molecule has 0 saturated carbocycles. The Morgan fingerprint density at radius 1 is 1.07 bits per heavy atom. The summed E-state index contributed by atoms with van der Waals surface area (Å²) in [4.78, 5) is 24.1. The summed E-state index contributed by atoms with van der Waals surface area (Å²) in [5, 5.41) is 12.5. The number of primary amides is 1. The van der Waals surface area contributed by atoms with Gasteiger partial charge in [-0.25, -0.2) is 0 Å². The maximum atomic E-state index is 12.6. The van der Waals surface area contributed by atoms with Crippen LogP contribution in [0.4, 0.5) is 13.2 Å². The second-order valence-corrected chi connectivity index (χ2v) is 6.56. The number of hydrogen-bond acceptors (Lipinski definition) is 3. The van der Waals surface area contributed by atoms with E-state index in [0.29, 0.717) is 0 Å². The molecular weight excluding hydrogens is 373 g/mol. The van der Waals surface area contributed by atoms with E-state index < -0.39 is 35.7 Å². The van der Waals surface area contributed by atoms with Crippen molar-refractivity contribution in [1.29, 1.82) is 0 Å². The van der Waals surface area contributed by atoms with Gasteiger partial charge in [-0.05, 0) is 48.2 Å². The molecule has 2 atom stereocenters. The van der Waals surface area contributed by atoms with Crippen molar-refractivity contribution in [3.05, 3.63) is 70.3 Å². The summed E-state index contributed by atoms with van der Waals surface area (Å²) in [6, 6.07) is 8.08. The molecule has 8 heteroatoms. The van der Waals surface area contributed by atoms with Gasteiger partial charge < -0.3 is 16.2 Å². The van der Waals surface area contributed by atoms with Crippen LogP contribution in [0.15, 0.2) is 42.5 Å². The molecule has 0 aliphatic rings. The van der Waals surface area contributed by atoms with Crippen molar-refractivity contribution in [1.82, 2.24) is 5.32 Å². The zero-order valence-electron chi connectivity index (χ0n) is 15.4. The fourth-order valence-electron chi connectivity index (χ4n) is 2.85. The second kappa shape index (κ2) is 8.43. The Morgan fingerprint density at radius 2 is 1.61 bits per heavy atom. The monoisotopic (exact) mass is 394 g/mol. The molecule has 150 valence electrons. The average molecular weight is 394 g/mol. The molecule has 0 aliphatic heterocycles. The molecule has 0 saturated heterocycles. The zero-order chi connectivity index (χ0) is 21.1. The first-order valence-electron chi connectivity index (χ1n) is 8.50. The van der Waals surface area contributed by atoms with E-state index in [1.165, 1.54) is 0 Å². The van der Waals surface area contributed by atoms with Gasteiger partial charge in [0.05, 0.1) is 5.56 Å². The third-order valence-corrected chi connectivity index (χ3v) is 4.51. The van der Waals surface area contributed by atoms with Gasteiger partial charge in [0, 0.05) is 6.42 Å². The molecule has 0 aromatic heterocycles. The predicted molar refractivity (Wildman–Crippen MR) is 97.1 cm³/mol. The van der Waals surface area contributed by atoms with Crippen LogP contribution in [0.2, 0.25) is 0 Å². The molecule has 2 amide bonds. The quantitative estimate of drug-likeness (QED) is 0.703. The molecular formula is C20H21F3N2O3. The molecule has 0 spiro atoms. The number of aliphatic hydroxyl groups is 1. The van der Waals surface area contributed by atoms with Crippen LogP contribution < -0.4 is 11.1 Å². The van der Waals surface area contributed by atoms with E-state index in [9.17, 15) is 27.9 Å². The number of aliphatic hydroxyl groups excluding tert-OH is 1. The molecule has 0 aliphatic carbocycles. The molecule has 0 radical (unpaired) electrons. The maximum absolute atomic E-state index is 12.6. The fourth-order valence-corrected chi connectivity index (χ4v) is 2.85. The third-order valence-electron chi connectivity index (χ3n) is 4.51. The van der Waals surface area contributed by atoms with Crippen LogP contribution >= 0.6 is 0 Å². The highest BCUT2D eigenvalue weighted by Crippen LogP contribution is 2.30. The maximum Gasteiger partial charge on any atom is 0.416 e. The molecule has 4 N–H and O–H groups in total. The Bertz CT molecular complexity index is 844. The number of hydrogen-bond donors (Lipinski definition) is 3. The number of rotatable bonds is 6. The van der Waals surface area contributed by atoms with Gasteiger partial charge in [-0.2, -0.15) is 13.2 Å². The van der Waals surface area contributed by atoms with Gasteiger partial charge in [0.25, 0.3) is 5.91 Å². The summed E-state index contributed by atoms with van der Waals surface area (Å²) >= 11 is 0. The summed E-state index contributed by atoms with van der Waals surface area (Å²) < 4.78 is 37.9. The molecule has 2 aromatic rings. The van der Waals surface area contributed by atoms with Gasteiger partial charge in [0.1, 0.15) is 6.04 Å². The summed E-state index contributed by atoms with van der Waals surface area (Å²) in [5.74, 6) is -1.70. The van der Waals surface area contributed by atoms with Gasteiger partial charge in [-0.15, -0.1) is 0 Å². The van der Waals surface area contributed by atoms with Gasteiger partial charge in [-0.1, -0.05) is 30.3 Å². The number of carbonyl (C=O) groups excluding carboxylic acids is 2. The lowest BCUT2D eigenvalue weighted by molar-refractivity contribution is -0.137. The van der Waals surface area contributed by atoms with Crippen molar-refractivity contribution >= 4 is 11.8 Å². The number of benzene rings is 2. The van der Waals surface area contributed by atoms with Gasteiger partial charge in [-0.3, -0.25) is 9.59 Å². The Kier molecular flexibility index (Phi) is 6.45. The summed E-state index contributed by atoms with van der Waals surface area (Å²) in [6.45, 7) is 3.72. The van der Waals surface area contributed by atoms with Crippen molar-refractivity contribution in [3.8, 4) is 0 Å². The number of alkyl halides is 3. The topological polar surface area (TPSA) is 92.4 Å². The van der Waals surface area contributed by atoms with E-state index >= 15 is 0 Å². The minimum atomic E-state index is -4.52. The highest BCUT2D eigenvalue weighted by atomic mass is 19.4. The summed E-state index contributed by atoms with van der Waals surface area (Å²) in [7, 11) is 0. The SMILES string of the molecule is Cc1cccc(C)c1C[C@H](NC(=O)[C@@H](O)c1ccc(C(F)(F)F)cc1)C(N)=O. The lowest BCUT2D eigenvalue weighted by Gasteiger charge is -2.20. The normalized spacial score (nSPS) is 13.6. The van der Waals surface area contributed by atoms with Crippen LogP contribution in [0.1, 0.15) is 33.9 Å². The first-order valence-corrected chi connectivity index (χ1v) is 8.50. The summed E-state index contributed by atoms with van der Waals surface area (Å²) in [6.07, 6.45) is -6.12. The molecule has 2 rings (SSSR count). The Labute approximate surface area is 160 Å². The molecule has 2 aromatic carbocycles. The van der Waals surface area contributed by atoms with Gasteiger partial charge >= 0.3 is 6.18 Å². The first-order chi connectivity index (χ1) is 13.0. The molecule has 0 fully saturated rings. The van der Waals surface area contributed by atoms with E-state index in [2.05, 4.69) is 5.32 Å². The van der Waals surface area contributed by atoms with Crippen LogP contribution in [-0.4, -0.2) is 23.0 Å². The molecule has 0 unspecified atom stereocenters. The fraction of sp³-hybridized carbons (Fsp3) is 0.300. The largest absolute Gasteiger partial charge is 0.416 e. The average Bonchev–Trinajstić information content (AvgIpc) is 2.62. The lowest BCUT2D eigenvalue weighted by Crippen LogP contribution is -2.47. The van der Waals surface area contributed by atoms with E-state index in [4.69, 9.17) is 5.73 Å². The smallest absolute Gasteiger partial charge is 0.378 e. The minimum absolute atomic E-state index is 0.0270. The van der Waals surface area contributed by atoms with Crippen LogP contribution in [0, 0.1) is 13.8 Å². The first kappa shape index (κ1) is 21.4. The number of aryl methyl sites for hydroxylation is 2. The molecule has 5 nitrogen and oxygen atoms in total. The molecule has 28 heavy (non-hydrogen) atoms. The number of nitrogens with one attached hydrogen (secondary N) is 1. The Morgan fingerprint density at radius 3 is 2.07 bits per heavy atom. The zero-order valence-corrected chi connectivity index (χ0v) is 15.4. The Hall–Kier alpha value is -2.87. The van der Waals surface area contributed by atoms with Gasteiger partial charge in [0.2, 0.25) is 5.91 Å². The predicted octanol–water partition coefficient (Wildman–Crippen LogP) is 2.57. The number of halogens is 3. The van der Waals surface area contributed by atoms with Crippen LogP contribution in [0.5, 0.6) is 0 Å². The highest BCUT2D eigenvalue weighted by Gasteiger charge is 2.31. The van der Waals surface area contributed by atoms with Crippen LogP contribution in [-0.2, 0) is 22.2 Å². The van der Waals surface area contributed by atoms with E-state index in [1.807, 2.05) is 32.0 Å². The third kappa shape index (κ3) is 5.10. The van der Waals surface area contributed by atoms with E-state index in [-0.39, 0.29) is 12.0 Å². The van der Waals surface area contributed by atoms with Crippen molar-refractivity contribution in [3.63, 3.8) is 0 Å². The number of carbonyl (C=O) groups is 2. The van der Waals surface area contributed by atoms with Crippen LogP contribution in [0.3, 0.4) is 0 Å². The van der Waals surface area contributed by atoms with E-state index in [0.717, 1.165) is 41.0 Å². The second-order valence-electron chi connectivity index (χ2n) is 6.56. The summed E-state index contributed by atoms with van der Waals surface area (Å²) in [5.41, 5.74) is 7.14. The van der Waals surface area contributed by atoms with Crippen molar-refractivity contribution < 1.29 is 27.9 Å². The Balaban J connectivity index is 2.14. The minimum Gasteiger partial charge on any atom is -0.378 e. The van der Waals surface area contributed by atoms with Crippen molar-refractivity contribution in [2.75, 3.05) is 0 Å². The van der Waals surface area contributed by atoms with Crippen molar-refractivity contribution in [2.45, 2.75) is 38.6 Å². The van der Waals surface area contributed by atoms with Gasteiger partial charge in [0.15, 0.2) is 6.10 Å². The molecule has 0 bridgehead atoms. The number of nitrogens with two attached hydrogens (primary N) is 1. The highest BCUT2D eigenvalue weighted by molar-refractivity contribution is 5.89. The molecule has 0 heterocycles. The number of amides is 2. The lowest BCUT2D eigenvalue weighted by atomic mass is 9.96. The standard InChI is InChI=1S/C20H21F3N2O3/c1-11-4-3-5-12(2)15(11)10-16(18(24)27)25-19(28)17(26)13-6-8-14(9-7-13)20(21,22)23/h3-9,16-17,26H,10H2,1-2H3,(H2,24,27)(H,25,28)/t16-,17-/m0/s1. The van der Waals surface area contributed by atoms with E-state index in [1.54, 1.807) is 0 Å². The van der Waals surface area contributed by atoms with Crippen LogP contribution in [0.25, 0.3) is 0 Å².